The molecule has 3 aromatic rings. The van der Waals surface area contributed by atoms with Crippen molar-refractivity contribution in [2.24, 2.45) is 10.3 Å². The number of nitrogens with one attached hydrogen (secondary N) is 1. The van der Waals surface area contributed by atoms with Gasteiger partial charge in [-0.2, -0.15) is 5.10 Å². The zero-order chi connectivity index (χ0) is 16.4. The minimum absolute atomic E-state index is 0.365. The van der Waals surface area contributed by atoms with Crippen molar-refractivity contribution in [2.45, 2.75) is 25.7 Å². The number of fused-ring (bicyclic) bond motifs is 3. The van der Waals surface area contributed by atoms with Gasteiger partial charge in [0.05, 0.1) is 11.6 Å². The second-order valence-corrected chi connectivity index (χ2v) is 6.72. The van der Waals surface area contributed by atoms with Crippen molar-refractivity contribution in [3.63, 3.8) is 0 Å². The summed E-state index contributed by atoms with van der Waals surface area (Å²) in [5.74, 6) is 0.715. The standard InChI is InChI=1S/C17H15N5OS/c23-22-13-7-3-1-5-11(13)9-20-21-16-15-12-6-2-4-8-14(12)24-17(15)19-10-18-16/h1,3,5,7,9-10H,2,4,6,8H2,(H,18,19,21)/b20-9-. The summed E-state index contributed by atoms with van der Waals surface area (Å²) in [5.41, 5.74) is 5.39. The topological polar surface area (TPSA) is 79.6 Å². The van der Waals surface area contributed by atoms with Crippen LogP contribution in [0.3, 0.4) is 0 Å². The fourth-order valence-electron chi connectivity index (χ4n) is 3.02. The van der Waals surface area contributed by atoms with Crippen LogP contribution in [0.4, 0.5) is 11.5 Å². The molecule has 0 fully saturated rings. The van der Waals surface area contributed by atoms with Crippen LogP contribution in [-0.2, 0) is 12.8 Å². The third-order valence-electron chi connectivity index (χ3n) is 4.16. The van der Waals surface area contributed by atoms with Crippen molar-refractivity contribution >= 4 is 39.3 Å². The van der Waals surface area contributed by atoms with Crippen LogP contribution in [0.1, 0.15) is 28.8 Å². The van der Waals surface area contributed by atoms with E-state index in [2.05, 4.69) is 25.7 Å². The van der Waals surface area contributed by atoms with Gasteiger partial charge in [-0.05, 0) is 42.5 Å². The summed E-state index contributed by atoms with van der Waals surface area (Å²) in [6, 6.07) is 7.07. The van der Waals surface area contributed by atoms with Crippen molar-refractivity contribution in [3.8, 4) is 0 Å². The maximum absolute atomic E-state index is 10.8. The monoisotopic (exact) mass is 337 g/mol. The first-order valence-corrected chi connectivity index (χ1v) is 8.65. The molecule has 0 aliphatic heterocycles. The molecule has 4 rings (SSSR count). The number of thiophene rings is 1. The molecule has 24 heavy (non-hydrogen) atoms. The van der Waals surface area contributed by atoms with Crippen LogP contribution in [0.15, 0.2) is 40.9 Å². The molecule has 0 atom stereocenters. The van der Waals surface area contributed by atoms with E-state index in [1.54, 1.807) is 42.1 Å². The number of benzene rings is 1. The zero-order valence-corrected chi connectivity index (χ0v) is 13.7. The number of aryl methyl sites for hydroxylation is 2. The number of nitroso groups, excluding NO2 is 1. The Hall–Kier alpha value is -2.67. The lowest BCUT2D eigenvalue weighted by Crippen LogP contribution is -2.00. The van der Waals surface area contributed by atoms with E-state index < -0.39 is 0 Å². The minimum Gasteiger partial charge on any atom is -0.261 e. The molecule has 0 radical (unpaired) electrons. The summed E-state index contributed by atoms with van der Waals surface area (Å²) in [6.07, 6.45) is 7.78. The third-order valence-corrected chi connectivity index (χ3v) is 5.36. The second kappa shape index (κ2) is 6.45. The van der Waals surface area contributed by atoms with Crippen molar-refractivity contribution in [3.05, 3.63) is 51.5 Å². The number of hydrogen-bond donors (Lipinski definition) is 1. The first kappa shape index (κ1) is 14.9. The Morgan fingerprint density at radius 2 is 2.04 bits per heavy atom. The van der Waals surface area contributed by atoms with Gasteiger partial charge in [-0.1, -0.05) is 18.2 Å². The van der Waals surface area contributed by atoms with E-state index >= 15 is 0 Å². The van der Waals surface area contributed by atoms with Gasteiger partial charge in [0.25, 0.3) is 0 Å². The Morgan fingerprint density at radius 1 is 1.17 bits per heavy atom. The van der Waals surface area contributed by atoms with Gasteiger partial charge in [-0.3, -0.25) is 5.43 Å². The Bertz CT molecular complexity index is 934. The van der Waals surface area contributed by atoms with Crippen LogP contribution >= 0.6 is 11.3 Å². The van der Waals surface area contributed by atoms with Crippen LogP contribution in [-0.4, -0.2) is 16.2 Å². The Morgan fingerprint density at radius 3 is 2.96 bits per heavy atom. The predicted molar refractivity (Wildman–Crippen MR) is 97.2 cm³/mol. The summed E-state index contributed by atoms with van der Waals surface area (Å²) >= 11 is 1.75. The average Bonchev–Trinajstić information content (AvgIpc) is 3.01. The molecular weight excluding hydrogens is 322 g/mol. The highest BCUT2D eigenvalue weighted by Crippen LogP contribution is 2.38. The number of hydrazone groups is 1. The van der Waals surface area contributed by atoms with E-state index in [9.17, 15) is 4.91 Å². The van der Waals surface area contributed by atoms with Crippen molar-refractivity contribution in [1.29, 1.82) is 0 Å². The molecule has 1 aliphatic rings. The van der Waals surface area contributed by atoms with E-state index in [0.29, 0.717) is 17.1 Å². The molecule has 0 spiro atoms. The second-order valence-electron chi connectivity index (χ2n) is 5.63. The molecule has 1 aliphatic carbocycles. The van der Waals surface area contributed by atoms with E-state index in [0.717, 1.165) is 23.1 Å². The molecule has 0 saturated carbocycles. The molecular formula is C17H15N5OS. The lowest BCUT2D eigenvalue weighted by Gasteiger charge is -2.11. The first-order chi connectivity index (χ1) is 11.9. The Kier molecular flexibility index (Phi) is 4.00. The molecule has 6 nitrogen and oxygen atoms in total. The van der Waals surface area contributed by atoms with E-state index in [-0.39, 0.29) is 0 Å². The van der Waals surface area contributed by atoms with Gasteiger partial charge in [-0.15, -0.1) is 16.2 Å². The summed E-state index contributed by atoms with van der Waals surface area (Å²) in [5, 5.41) is 8.32. The summed E-state index contributed by atoms with van der Waals surface area (Å²) in [6.45, 7) is 0. The number of nitrogens with zero attached hydrogens (tertiary/aromatic N) is 4. The molecule has 7 heteroatoms. The normalized spacial score (nSPS) is 14.0. The summed E-state index contributed by atoms with van der Waals surface area (Å²) in [7, 11) is 0. The molecule has 2 heterocycles. The van der Waals surface area contributed by atoms with Crippen LogP contribution in [0.5, 0.6) is 0 Å². The van der Waals surface area contributed by atoms with Gasteiger partial charge in [0.2, 0.25) is 0 Å². The summed E-state index contributed by atoms with van der Waals surface area (Å²) < 4.78 is 0. The molecule has 1 N–H and O–H groups in total. The molecule has 1 aromatic carbocycles. The molecule has 0 unspecified atom stereocenters. The van der Waals surface area contributed by atoms with Gasteiger partial charge < -0.3 is 0 Å². The fourth-order valence-corrected chi connectivity index (χ4v) is 4.25. The highest BCUT2D eigenvalue weighted by atomic mass is 32.1. The van der Waals surface area contributed by atoms with Crippen LogP contribution < -0.4 is 5.43 Å². The molecule has 0 saturated heterocycles. The third kappa shape index (κ3) is 2.67. The number of rotatable bonds is 4. The van der Waals surface area contributed by atoms with E-state index in [1.807, 2.05) is 6.07 Å². The number of hydrogen-bond acceptors (Lipinski definition) is 7. The van der Waals surface area contributed by atoms with Gasteiger partial charge in [0, 0.05) is 10.4 Å². The molecule has 0 amide bonds. The van der Waals surface area contributed by atoms with Gasteiger partial charge in [0.1, 0.15) is 16.8 Å². The quantitative estimate of drug-likeness (QED) is 0.434. The van der Waals surface area contributed by atoms with Crippen molar-refractivity contribution in [1.82, 2.24) is 9.97 Å². The van der Waals surface area contributed by atoms with Gasteiger partial charge >= 0.3 is 0 Å². The average molecular weight is 337 g/mol. The van der Waals surface area contributed by atoms with E-state index in [1.165, 1.54) is 23.3 Å². The van der Waals surface area contributed by atoms with Crippen LogP contribution in [0.25, 0.3) is 10.2 Å². The first-order valence-electron chi connectivity index (χ1n) is 7.83. The number of aromatic nitrogens is 2. The SMILES string of the molecule is O=Nc1ccccc1/C=N\Nc1ncnc2sc3c(c12)CCCC3. The Balaban J connectivity index is 1.66. The summed E-state index contributed by atoms with van der Waals surface area (Å²) in [4.78, 5) is 22.0. The zero-order valence-electron chi connectivity index (χ0n) is 12.9. The van der Waals surface area contributed by atoms with Crippen molar-refractivity contribution < 1.29 is 0 Å². The van der Waals surface area contributed by atoms with Gasteiger partial charge in [0.15, 0.2) is 5.82 Å². The smallest absolute Gasteiger partial charge is 0.158 e. The van der Waals surface area contributed by atoms with Crippen LogP contribution in [0, 0.1) is 4.91 Å². The van der Waals surface area contributed by atoms with Gasteiger partial charge in [-0.25, -0.2) is 9.97 Å². The molecule has 120 valence electrons. The molecule has 2 aromatic heterocycles. The highest BCUT2D eigenvalue weighted by molar-refractivity contribution is 7.19. The molecule has 0 bridgehead atoms. The highest BCUT2D eigenvalue weighted by Gasteiger charge is 2.19. The maximum Gasteiger partial charge on any atom is 0.158 e. The lowest BCUT2D eigenvalue weighted by molar-refractivity contribution is 0.700. The Labute approximate surface area is 142 Å². The lowest BCUT2D eigenvalue weighted by atomic mass is 9.97. The van der Waals surface area contributed by atoms with E-state index in [4.69, 9.17) is 0 Å². The predicted octanol–water partition coefficient (Wildman–Crippen LogP) is 4.41. The van der Waals surface area contributed by atoms with Crippen molar-refractivity contribution in [2.75, 3.05) is 5.43 Å². The minimum atomic E-state index is 0.365. The largest absolute Gasteiger partial charge is 0.261 e. The fraction of sp³-hybridized carbons (Fsp3) is 0.235. The maximum atomic E-state index is 10.8. The van der Waals surface area contributed by atoms with Crippen LogP contribution in [0.2, 0.25) is 0 Å². The number of anilines is 1.